The Bertz CT molecular complexity index is 245. The van der Waals surface area contributed by atoms with Gasteiger partial charge in [-0.2, -0.15) is 0 Å². The van der Waals surface area contributed by atoms with E-state index < -0.39 is 0 Å². The van der Waals surface area contributed by atoms with Crippen LogP contribution >= 0.6 is 24.8 Å². The van der Waals surface area contributed by atoms with Crippen molar-refractivity contribution in [2.24, 2.45) is 11.8 Å². The van der Waals surface area contributed by atoms with Gasteiger partial charge in [0.05, 0.1) is 0 Å². The highest BCUT2D eigenvalue weighted by Crippen LogP contribution is 2.40. The molecule has 0 aromatic rings. The monoisotopic (exact) mass is 338 g/mol. The van der Waals surface area contributed by atoms with Gasteiger partial charge in [-0.05, 0) is 57.3 Å². The standard InChI is InChI=1S/C17H34N2.2ClH/c1-3-19(4-2)14-8-13-18-17-12-7-10-15-9-5-6-11-16(15)17;;/h15-18H,3-14H2,1-2H3;2*1H. The molecule has 21 heavy (non-hydrogen) atoms. The molecule has 0 amide bonds. The summed E-state index contributed by atoms with van der Waals surface area (Å²) in [6.07, 6.45) is 11.7. The highest BCUT2D eigenvalue weighted by Gasteiger charge is 2.34. The molecule has 1 N–H and O–H groups in total. The third-order valence-electron chi connectivity index (χ3n) is 5.53. The normalized spacial score (nSPS) is 28.4. The van der Waals surface area contributed by atoms with Crippen LogP contribution in [0, 0.1) is 11.8 Å². The van der Waals surface area contributed by atoms with E-state index in [1.165, 1.54) is 77.5 Å². The molecule has 0 saturated heterocycles. The van der Waals surface area contributed by atoms with Crippen LogP contribution in [-0.4, -0.2) is 37.1 Å². The van der Waals surface area contributed by atoms with Crippen LogP contribution in [0.2, 0.25) is 0 Å². The summed E-state index contributed by atoms with van der Waals surface area (Å²) in [5, 5.41) is 3.90. The van der Waals surface area contributed by atoms with E-state index in [1.54, 1.807) is 0 Å². The van der Waals surface area contributed by atoms with Crippen LogP contribution in [0.5, 0.6) is 0 Å². The van der Waals surface area contributed by atoms with Gasteiger partial charge in [0.15, 0.2) is 0 Å². The molecule has 2 saturated carbocycles. The molecule has 0 bridgehead atoms. The van der Waals surface area contributed by atoms with E-state index in [2.05, 4.69) is 24.1 Å². The number of fused-ring (bicyclic) bond motifs is 1. The van der Waals surface area contributed by atoms with Gasteiger partial charge in [0, 0.05) is 6.04 Å². The molecule has 0 aliphatic heterocycles. The van der Waals surface area contributed by atoms with Gasteiger partial charge in [-0.25, -0.2) is 0 Å². The minimum Gasteiger partial charge on any atom is -0.314 e. The minimum absolute atomic E-state index is 0. The van der Waals surface area contributed by atoms with Crippen LogP contribution in [0.15, 0.2) is 0 Å². The quantitative estimate of drug-likeness (QED) is 0.687. The average Bonchev–Trinajstić information content (AvgIpc) is 2.47. The zero-order valence-corrected chi connectivity index (χ0v) is 15.6. The zero-order chi connectivity index (χ0) is 13.5. The van der Waals surface area contributed by atoms with Crippen molar-refractivity contribution in [1.29, 1.82) is 0 Å². The van der Waals surface area contributed by atoms with Gasteiger partial charge in [-0.15, -0.1) is 24.8 Å². The summed E-state index contributed by atoms with van der Waals surface area (Å²) in [6, 6.07) is 0.843. The molecule has 0 radical (unpaired) electrons. The Morgan fingerprint density at radius 2 is 1.57 bits per heavy atom. The first-order valence-electron chi connectivity index (χ1n) is 8.80. The highest BCUT2D eigenvalue weighted by atomic mass is 35.5. The van der Waals surface area contributed by atoms with Gasteiger partial charge in [0.1, 0.15) is 0 Å². The van der Waals surface area contributed by atoms with Crippen molar-refractivity contribution in [2.45, 2.75) is 71.3 Å². The number of hydrogen-bond acceptors (Lipinski definition) is 2. The van der Waals surface area contributed by atoms with Crippen LogP contribution in [0.25, 0.3) is 0 Å². The molecular formula is C17H36Cl2N2. The smallest absolute Gasteiger partial charge is 0.00979 e. The Kier molecular flexibility index (Phi) is 12.3. The van der Waals surface area contributed by atoms with Crippen LogP contribution < -0.4 is 5.32 Å². The lowest BCUT2D eigenvalue weighted by molar-refractivity contribution is 0.125. The lowest BCUT2D eigenvalue weighted by Crippen LogP contribution is -2.44. The Labute approximate surface area is 144 Å². The van der Waals surface area contributed by atoms with E-state index >= 15 is 0 Å². The summed E-state index contributed by atoms with van der Waals surface area (Å²) >= 11 is 0. The molecule has 0 aromatic heterocycles. The SMILES string of the molecule is CCN(CC)CCCNC1CCCC2CCCCC21.Cl.Cl. The predicted molar refractivity (Wildman–Crippen MR) is 98.0 cm³/mol. The number of nitrogens with one attached hydrogen (secondary N) is 1. The molecule has 3 unspecified atom stereocenters. The topological polar surface area (TPSA) is 15.3 Å². The summed E-state index contributed by atoms with van der Waals surface area (Å²) in [5.41, 5.74) is 0. The van der Waals surface area contributed by atoms with E-state index in [1.807, 2.05) is 0 Å². The number of nitrogens with zero attached hydrogens (tertiary/aromatic N) is 1. The van der Waals surface area contributed by atoms with Gasteiger partial charge in [-0.1, -0.05) is 46.0 Å². The van der Waals surface area contributed by atoms with Crippen molar-refractivity contribution in [3.8, 4) is 0 Å². The lowest BCUT2D eigenvalue weighted by atomic mass is 9.68. The fraction of sp³-hybridized carbons (Fsp3) is 1.00. The van der Waals surface area contributed by atoms with E-state index in [4.69, 9.17) is 0 Å². The first-order chi connectivity index (χ1) is 9.35. The number of halogens is 2. The molecule has 0 aromatic carbocycles. The summed E-state index contributed by atoms with van der Waals surface area (Å²) in [4.78, 5) is 2.53. The van der Waals surface area contributed by atoms with Crippen LogP contribution in [0.4, 0.5) is 0 Å². The molecule has 128 valence electrons. The lowest BCUT2D eigenvalue weighted by Gasteiger charge is -2.42. The molecular weight excluding hydrogens is 303 g/mol. The van der Waals surface area contributed by atoms with E-state index in [-0.39, 0.29) is 24.8 Å². The second kappa shape index (κ2) is 12.0. The van der Waals surface area contributed by atoms with Crippen LogP contribution in [0.1, 0.15) is 65.2 Å². The second-order valence-electron chi connectivity index (χ2n) is 6.58. The summed E-state index contributed by atoms with van der Waals surface area (Å²) in [6.45, 7) is 9.43. The Hall–Kier alpha value is 0.500. The van der Waals surface area contributed by atoms with Crippen LogP contribution in [-0.2, 0) is 0 Å². The maximum absolute atomic E-state index is 3.90. The Morgan fingerprint density at radius 3 is 2.29 bits per heavy atom. The molecule has 2 nitrogen and oxygen atoms in total. The molecule has 2 fully saturated rings. The Morgan fingerprint density at radius 1 is 0.905 bits per heavy atom. The first-order valence-corrected chi connectivity index (χ1v) is 8.80. The fourth-order valence-electron chi connectivity index (χ4n) is 4.32. The molecule has 2 aliphatic rings. The van der Waals surface area contributed by atoms with Gasteiger partial charge in [0.2, 0.25) is 0 Å². The van der Waals surface area contributed by atoms with Crippen molar-refractivity contribution >= 4 is 24.8 Å². The molecule has 2 rings (SSSR count). The van der Waals surface area contributed by atoms with E-state index in [0.29, 0.717) is 0 Å². The number of rotatable bonds is 7. The van der Waals surface area contributed by atoms with Gasteiger partial charge < -0.3 is 10.2 Å². The third kappa shape index (κ3) is 6.64. The maximum Gasteiger partial charge on any atom is 0.00979 e. The third-order valence-corrected chi connectivity index (χ3v) is 5.53. The van der Waals surface area contributed by atoms with Crippen molar-refractivity contribution < 1.29 is 0 Å². The zero-order valence-electron chi connectivity index (χ0n) is 14.0. The first kappa shape index (κ1) is 21.5. The second-order valence-corrected chi connectivity index (χ2v) is 6.58. The molecule has 0 heterocycles. The molecule has 0 spiro atoms. The summed E-state index contributed by atoms with van der Waals surface area (Å²) in [5.74, 6) is 2.07. The minimum atomic E-state index is 0. The Balaban J connectivity index is 0.00000200. The fourth-order valence-corrected chi connectivity index (χ4v) is 4.32. The van der Waals surface area contributed by atoms with Crippen molar-refractivity contribution in [3.05, 3.63) is 0 Å². The molecule has 4 heteroatoms. The summed E-state index contributed by atoms with van der Waals surface area (Å²) < 4.78 is 0. The van der Waals surface area contributed by atoms with Crippen LogP contribution in [0.3, 0.4) is 0 Å². The molecule has 3 atom stereocenters. The largest absolute Gasteiger partial charge is 0.314 e. The predicted octanol–water partition coefficient (Wildman–Crippen LogP) is 4.51. The summed E-state index contributed by atoms with van der Waals surface area (Å²) in [7, 11) is 0. The van der Waals surface area contributed by atoms with Gasteiger partial charge in [0.25, 0.3) is 0 Å². The number of hydrogen-bond donors (Lipinski definition) is 1. The van der Waals surface area contributed by atoms with Crippen molar-refractivity contribution in [2.75, 3.05) is 26.2 Å². The molecule has 2 aliphatic carbocycles. The van der Waals surface area contributed by atoms with Crippen molar-refractivity contribution in [3.63, 3.8) is 0 Å². The van der Waals surface area contributed by atoms with Crippen molar-refractivity contribution in [1.82, 2.24) is 10.2 Å². The average molecular weight is 339 g/mol. The van der Waals surface area contributed by atoms with Gasteiger partial charge in [-0.3, -0.25) is 0 Å². The highest BCUT2D eigenvalue weighted by molar-refractivity contribution is 5.85. The van der Waals surface area contributed by atoms with Gasteiger partial charge >= 0.3 is 0 Å². The van der Waals surface area contributed by atoms with E-state index in [9.17, 15) is 0 Å². The van der Waals surface area contributed by atoms with E-state index in [0.717, 1.165) is 17.9 Å². The maximum atomic E-state index is 3.90.